The van der Waals surface area contributed by atoms with Crippen molar-refractivity contribution in [3.8, 4) is 17.2 Å². The average molecular weight is 294 g/mol. The third-order valence-corrected chi connectivity index (χ3v) is 3.48. The smallest absolute Gasteiger partial charge is 0.226 e. The third-order valence-electron chi connectivity index (χ3n) is 3.48. The summed E-state index contributed by atoms with van der Waals surface area (Å²) in [6, 6.07) is 15.3. The Morgan fingerprint density at radius 3 is 2.68 bits per heavy atom. The highest BCUT2D eigenvalue weighted by Gasteiger charge is 2.08. The molecular formula is C18H18N2O2. The number of hydrogen-bond donors (Lipinski definition) is 2. The molecule has 0 aliphatic rings. The molecule has 0 saturated carbocycles. The van der Waals surface area contributed by atoms with Crippen LogP contribution in [-0.2, 0) is 0 Å². The SMILES string of the molecule is Cc1cnc(-c2cccc(NC(C)c3cccc(O)c3)c2)o1. The molecule has 0 bridgehead atoms. The molecule has 112 valence electrons. The van der Waals surface area contributed by atoms with Crippen LogP contribution in [0.4, 0.5) is 5.69 Å². The van der Waals surface area contributed by atoms with Crippen LogP contribution in [-0.4, -0.2) is 10.1 Å². The molecular weight excluding hydrogens is 276 g/mol. The molecule has 0 fully saturated rings. The number of benzene rings is 2. The number of aromatic nitrogens is 1. The molecule has 3 rings (SSSR count). The Labute approximate surface area is 129 Å². The molecule has 3 aromatic rings. The Balaban J connectivity index is 1.81. The number of aryl methyl sites for hydroxylation is 1. The summed E-state index contributed by atoms with van der Waals surface area (Å²) in [5, 5.41) is 13.0. The van der Waals surface area contributed by atoms with E-state index in [1.54, 1.807) is 18.3 Å². The van der Waals surface area contributed by atoms with Crippen LogP contribution in [0.25, 0.3) is 11.5 Å². The summed E-state index contributed by atoms with van der Waals surface area (Å²) >= 11 is 0. The Morgan fingerprint density at radius 1 is 1.14 bits per heavy atom. The van der Waals surface area contributed by atoms with Gasteiger partial charge in [-0.2, -0.15) is 0 Å². The van der Waals surface area contributed by atoms with E-state index in [1.165, 1.54) is 0 Å². The molecule has 0 radical (unpaired) electrons. The number of nitrogens with one attached hydrogen (secondary N) is 1. The molecule has 1 aromatic heterocycles. The van der Waals surface area contributed by atoms with Gasteiger partial charge >= 0.3 is 0 Å². The van der Waals surface area contributed by atoms with Gasteiger partial charge in [0.15, 0.2) is 0 Å². The summed E-state index contributed by atoms with van der Waals surface area (Å²) in [4.78, 5) is 4.25. The van der Waals surface area contributed by atoms with Gasteiger partial charge < -0.3 is 14.8 Å². The molecule has 4 nitrogen and oxygen atoms in total. The number of anilines is 1. The predicted molar refractivity (Wildman–Crippen MR) is 86.8 cm³/mol. The van der Waals surface area contributed by atoms with Crippen LogP contribution in [0.1, 0.15) is 24.3 Å². The minimum absolute atomic E-state index is 0.0775. The summed E-state index contributed by atoms with van der Waals surface area (Å²) in [7, 11) is 0. The minimum Gasteiger partial charge on any atom is -0.508 e. The van der Waals surface area contributed by atoms with Gasteiger partial charge in [-0.1, -0.05) is 18.2 Å². The van der Waals surface area contributed by atoms with Crippen molar-refractivity contribution in [2.24, 2.45) is 0 Å². The average Bonchev–Trinajstić information content (AvgIpc) is 2.94. The van der Waals surface area contributed by atoms with Crippen molar-refractivity contribution >= 4 is 5.69 Å². The number of nitrogens with zero attached hydrogens (tertiary/aromatic N) is 1. The summed E-state index contributed by atoms with van der Waals surface area (Å²) in [5.74, 6) is 1.68. The first kappa shape index (κ1) is 14.2. The van der Waals surface area contributed by atoms with Gasteiger partial charge in [0, 0.05) is 17.3 Å². The summed E-state index contributed by atoms with van der Waals surface area (Å²) in [5.41, 5.74) is 2.93. The number of phenolic OH excluding ortho intramolecular Hbond substituents is 1. The molecule has 2 N–H and O–H groups in total. The zero-order valence-corrected chi connectivity index (χ0v) is 12.6. The van der Waals surface area contributed by atoms with Crippen molar-refractivity contribution in [3.05, 3.63) is 66.1 Å². The van der Waals surface area contributed by atoms with Gasteiger partial charge in [0.05, 0.1) is 6.20 Å². The maximum atomic E-state index is 9.57. The van der Waals surface area contributed by atoms with E-state index in [-0.39, 0.29) is 11.8 Å². The van der Waals surface area contributed by atoms with Crippen molar-refractivity contribution in [2.45, 2.75) is 19.9 Å². The van der Waals surface area contributed by atoms with Crippen LogP contribution in [0.3, 0.4) is 0 Å². The topological polar surface area (TPSA) is 58.3 Å². The van der Waals surface area contributed by atoms with Crippen molar-refractivity contribution in [1.82, 2.24) is 4.98 Å². The molecule has 0 aliphatic carbocycles. The molecule has 1 unspecified atom stereocenters. The largest absolute Gasteiger partial charge is 0.508 e. The van der Waals surface area contributed by atoms with E-state index < -0.39 is 0 Å². The zero-order chi connectivity index (χ0) is 15.5. The fraction of sp³-hybridized carbons (Fsp3) is 0.167. The molecule has 0 aliphatic heterocycles. The van der Waals surface area contributed by atoms with Gasteiger partial charge in [0.25, 0.3) is 0 Å². The molecule has 4 heteroatoms. The zero-order valence-electron chi connectivity index (χ0n) is 12.6. The number of rotatable bonds is 4. The van der Waals surface area contributed by atoms with E-state index in [4.69, 9.17) is 4.42 Å². The molecule has 2 aromatic carbocycles. The monoisotopic (exact) mass is 294 g/mol. The highest BCUT2D eigenvalue weighted by atomic mass is 16.4. The molecule has 0 spiro atoms. The van der Waals surface area contributed by atoms with Crippen LogP contribution in [0.5, 0.6) is 5.75 Å². The first-order chi connectivity index (χ1) is 10.6. The van der Waals surface area contributed by atoms with Gasteiger partial charge in [0.2, 0.25) is 5.89 Å². The van der Waals surface area contributed by atoms with Gasteiger partial charge in [-0.05, 0) is 49.7 Å². The molecule has 22 heavy (non-hydrogen) atoms. The van der Waals surface area contributed by atoms with Crippen molar-refractivity contribution in [3.63, 3.8) is 0 Å². The van der Waals surface area contributed by atoms with Crippen LogP contribution in [0, 0.1) is 6.92 Å². The normalized spacial score (nSPS) is 12.1. The van der Waals surface area contributed by atoms with E-state index in [0.29, 0.717) is 5.89 Å². The first-order valence-corrected chi connectivity index (χ1v) is 7.20. The standard InChI is InChI=1S/C18H18N2O2/c1-12-11-19-18(22-12)15-6-3-7-16(9-15)20-13(2)14-5-4-8-17(21)10-14/h3-11,13,20-21H,1-2H3. The first-order valence-electron chi connectivity index (χ1n) is 7.20. The van der Waals surface area contributed by atoms with Gasteiger partial charge in [-0.15, -0.1) is 0 Å². The van der Waals surface area contributed by atoms with E-state index >= 15 is 0 Å². The highest BCUT2D eigenvalue weighted by Crippen LogP contribution is 2.26. The quantitative estimate of drug-likeness (QED) is 0.742. The number of oxazole rings is 1. The van der Waals surface area contributed by atoms with Crippen LogP contribution >= 0.6 is 0 Å². The molecule has 0 saturated heterocycles. The van der Waals surface area contributed by atoms with E-state index in [0.717, 1.165) is 22.6 Å². The van der Waals surface area contributed by atoms with Crippen molar-refractivity contribution < 1.29 is 9.52 Å². The molecule has 0 amide bonds. The van der Waals surface area contributed by atoms with Crippen molar-refractivity contribution in [1.29, 1.82) is 0 Å². The lowest BCUT2D eigenvalue weighted by atomic mass is 10.1. The number of hydrogen-bond acceptors (Lipinski definition) is 4. The second kappa shape index (κ2) is 5.93. The van der Waals surface area contributed by atoms with Crippen molar-refractivity contribution in [2.75, 3.05) is 5.32 Å². The summed E-state index contributed by atoms with van der Waals surface area (Å²) in [6.07, 6.45) is 1.71. The van der Waals surface area contributed by atoms with Gasteiger partial charge in [0.1, 0.15) is 11.5 Å². The lowest BCUT2D eigenvalue weighted by Crippen LogP contribution is -2.06. The van der Waals surface area contributed by atoms with Crippen LogP contribution in [0.2, 0.25) is 0 Å². The molecule has 1 atom stereocenters. The highest BCUT2D eigenvalue weighted by molar-refractivity contribution is 5.61. The van der Waals surface area contributed by atoms with Gasteiger partial charge in [-0.25, -0.2) is 4.98 Å². The maximum Gasteiger partial charge on any atom is 0.226 e. The Hall–Kier alpha value is -2.75. The fourth-order valence-electron chi connectivity index (χ4n) is 2.36. The second-order valence-corrected chi connectivity index (χ2v) is 5.32. The Bertz CT molecular complexity index is 780. The van der Waals surface area contributed by atoms with E-state index in [2.05, 4.69) is 17.2 Å². The summed E-state index contributed by atoms with van der Waals surface area (Å²) < 4.78 is 5.56. The maximum absolute atomic E-state index is 9.57. The number of phenols is 1. The third kappa shape index (κ3) is 3.11. The summed E-state index contributed by atoms with van der Waals surface area (Å²) in [6.45, 7) is 3.93. The van der Waals surface area contributed by atoms with E-state index in [9.17, 15) is 5.11 Å². The second-order valence-electron chi connectivity index (χ2n) is 5.32. The predicted octanol–water partition coefficient (Wildman–Crippen LogP) is 4.53. The Morgan fingerprint density at radius 2 is 1.95 bits per heavy atom. The lowest BCUT2D eigenvalue weighted by Gasteiger charge is -2.16. The molecule has 1 heterocycles. The number of aromatic hydroxyl groups is 1. The van der Waals surface area contributed by atoms with Crippen LogP contribution in [0.15, 0.2) is 59.1 Å². The van der Waals surface area contributed by atoms with Crippen LogP contribution < -0.4 is 5.32 Å². The minimum atomic E-state index is 0.0775. The fourth-order valence-corrected chi connectivity index (χ4v) is 2.36. The lowest BCUT2D eigenvalue weighted by molar-refractivity contribution is 0.474. The Kier molecular flexibility index (Phi) is 3.83. The van der Waals surface area contributed by atoms with E-state index in [1.807, 2.05) is 43.3 Å². The van der Waals surface area contributed by atoms with Gasteiger partial charge in [-0.3, -0.25) is 0 Å².